The minimum atomic E-state index is -0.352. The van der Waals surface area contributed by atoms with Gasteiger partial charge in [0.05, 0.1) is 0 Å². The van der Waals surface area contributed by atoms with Crippen molar-refractivity contribution < 1.29 is 23.0 Å². The first-order valence-electron chi connectivity index (χ1n) is 7.98. The Kier molecular flexibility index (Phi) is 5.59. The number of carbonyl (C=O) groups is 1. The van der Waals surface area contributed by atoms with Crippen molar-refractivity contribution in [1.82, 2.24) is 0 Å². The average Bonchev–Trinajstić information content (AvgIpc) is 2.65. The molecule has 3 nitrogen and oxygen atoms in total. The van der Waals surface area contributed by atoms with Crippen molar-refractivity contribution in [2.45, 2.75) is 13.2 Å². The number of rotatable bonds is 7. The Labute approximate surface area is 149 Å². The van der Waals surface area contributed by atoms with Crippen molar-refractivity contribution in [3.63, 3.8) is 0 Å². The highest BCUT2D eigenvalue weighted by molar-refractivity contribution is 5.76. The standard InChI is InChI=1S/C21H16F2O3/c22-18-5-1-3-16(9-18)13-25-20-8-7-15(12-24)11-21(20)26-14-17-4-2-6-19(23)10-17/h1-12H,13-14H2. The smallest absolute Gasteiger partial charge is 0.162 e. The fourth-order valence-corrected chi connectivity index (χ4v) is 2.41. The molecule has 0 bridgehead atoms. The van der Waals surface area contributed by atoms with Crippen LogP contribution in [0.5, 0.6) is 11.5 Å². The van der Waals surface area contributed by atoms with E-state index in [0.717, 1.165) is 0 Å². The van der Waals surface area contributed by atoms with Crippen LogP contribution in [0.4, 0.5) is 8.78 Å². The van der Waals surface area contributed by atoms with Gasteiger partial charge in [0.1, 0.15) is 31.1 Å². The molecule has 0 amide bonds. The summed E-state index contributed by atoms with van der Waals surface area (Å²) in [7, 11) is 0. The van der Waals surface area contributed by atoms with Crippen molar-refractivity contribution in [2.24, 2.45) is 0 Å². The van der Waals surface area contributed by atoms with Gasteiger partial charge in [-0.25, -0.2) is 8.78 Å². The maximum Gasteiger partial charge on any atom is 0.162 e. The highest BCUT2D eigenvalue weighted by Crippen LogP contribution is 2.29. The number of benzene rings is 3. The zero-order valence-electron chi connectivity index (χ0n) is 13.8. The summed E-state index contributed by atoms with van der Waals surface area (Å²) in [6, 6.07) is 16.9. The Morgan fingerprint density at radius 2 is 1.31 bits per heavy atom. The van der Waals surface area contributed by atoms with E-state index in [1.165, 1.54) is 24.3 Å². The molecule has 0 unspecified atom stereocenters. The zero-order valence-corrected chi connectivity index (χ0v) is 13.8. The predicted octanol–water partition coefficient (Wildman–Crippen LogP) is 4.94. The molecule has 0 aliphatic carbocycles. The van der Waals surface area contributed by atoms with Crippen molar-refractivity contribution >= 4 is 6.29 Å². The van der Waals surface area contributed by atoms with Crippen LogP contribution >= 0.6 is 0 Å². The van der Waals surface area contributed by atoms with Gasteiger partial charge in [0.2, 0.25) is 0 Å². The molecule has 0 atom stereocenters. The number of halogens is 2. The zero-order chi connectivity index (χ0) is 18.4. The maximum atomic E-state index is 13.3. The molecular weight excluding hydrogens is 338 g/mol. The van der Waals surface area contributed by atoms with Gasteiger partial charge in [0.15, 0.2) is 11.5 Å². The normalized spacial score (nSPS) is 10.4. The highest BCUT2D eigenvalue weighted by atomic mass is 19.1. The lowest BCUT2D eigenvalue weighted by atomic mass is 10.2. The summed E-state index contributed by atoms with van der Waals surface area (Å²) in [6.07, 6.45) is 0.700. The van der Waals surface area contributed by atoms with Crippen LogP contribution in [-0.4, -0.2) is 6.29 Å². The Balaban J connectivity index is 1.75. The Morgan fingerprint density at radius 1 is 0.731 bits per heavy atom. The Bertz CT molecular complexity index is 909. The third-order valence-corrected chi connectivity index (χ3v) is 3.67. The maximum absolute atomic E-state index is 13.3. The lowest BCUT2D eigenvalue weighted by Gasteiger charge is -2.13. The summed E-state index contributed by atoms with van der Waals surface area (Å²) >= 11 is 0. The molecule has 3 aromatic carbocycles. The molecule has 0 radical (unpaired) electrons. The first-order valence-corrected chi connectivity index (χ1v) is 7.98. The van der Waals surface area contributed by atoms with E-state index in [4.69, 9.17) is 9.47 Å². The average molecular weight is 354 g/mol. The van der Waals surface area contributed by atoms with Crippen LogP contribution in [0.2, 0.25) is 0 Å². The summed E-state index contributed by atoms with van der Waals surface area (Å²) in [5, 5.41) is 0. The molecule has 0 saturated carbocycles. The molecule has 132 valence electrons. The third-order valence-electron chi connectivity index (χ3n) is 3.67. The predicted molar refractivity (Wildman–Crippen MR) is 93.3 cm³/mol. The highest BCUT2D eigenvalue weighted by Gasteiger charge is 2.09. The van der Waals surface area contributed by atoms with Crippen molar-refractivity contribution in [3.05, 3.63) is 95.1 Å². The first kappa shape index (κ1) is 17.6. The van der Waals surface area contributed by atoms with Crippen LogP contribution in [0.25, 0.3) is 0 Å². The molecule has 0 aliphatic rings. The van der Waals surface area contributed by atoms with E-state index in [0.29, 0.717) is 34.5 Å². The summed E-state index contributed by atoms with van der Waals surface area (Å²) < 4.78 is 38.0. The van der Waals surface area contributed by atoms with Crippen LogP contribution in [0.15, 0.2) is 66.7 Å². The Hall–Kier alpha value is -3.21. The summed E-state index contributed by atoms with van der Waals surface area (Å²) in [5.41, 5.74) is 1.75. The molecule has 3 aromatic rings. The van der Waals surface area contributed by atoms with Gasteiger partial charge in [-0.05, 0) is 53.6 Å². The second kappa shape index (κ2) is 8.25. The van der Waals surface area contributed by atoms with Crippen LogP contribution in [-0.2, 0) is 13.2 Å². The van der Waals surface area contributed by atoms with E-state index in [1.54, 1.807) is 42.5 Å². The fourth-order valence-electron chi connectivity index (χ4n) is 2.41. The van der Waals surface area contributed by atoms with Crippen molar-refractivity contribution in [2.75, 3.05) is 0 Å². The molecular formula is C21H16F2O3. The van der Waals surface area contributed by atoms with E-state index in [2.05, 4.69) is 0 Å². The molecule has 0 aliphatic heterocycles. The van der Waals surface area contributed by atoms with Crippen molar-refractivity contribution in [1.29, 1.82) is 0 Å². The van der Waals surface area contributed by atoms with Gasteiger partial charge in [-0.2, -0.15) is 0 Å². The Morgan fingerprint density at radius 3 is 1.85 bits per heavy atom. The number of ether oxygens (including phenoxy) is 2. The SMILES string of the molecule is O=Cc1ccc(OCc2cccc(F)c2)c(OCc2cccc(F)c2)c1. The van der Waals surface area contributed by atoms with E-state index in [9.17, 15) is 13.6 Å². The first-order chi connectivity index (χ1) is 12.6. The van der Waals surface area contributed by atoms with Crippen molar-refractivity contribution in [3.8, 4) is 11.5 Å². The second-order valence-corrected chi connectivity index (χ2v) is 5.66. The minimum absolute atomic E-state index is 0.121. The lowest BCUT2D eigenvalue weighted by molar-refractivity contribution is 0.112. The lowest BCUT2D eigenvalue weighted by Crippen LogP contribution is -2.01. The number of hydrogen-bond donors (Lipinski definition) is 0. The molecule has 0 saturated heterocycles. The minimum Gasteiger partial charge on any atom is -0.485 e. The molecule has 0 aromatic heterocycles. The van der Waals surface area contributed by atoms with E-state index in [1.807, 2.05) is 0 Å². The molecule has 5 heteroatoms. The quantitative estimate of drug-likeness (QED) is 0.564. The molecule has 3 rings (SSSR count). The number of aldehydes is 1. The van der Waals surface area contributed by atoms with Crippen LogP contribution < -0.4 is 9.47 Å². The third kappa shape index (κ3) is 4.66. The van der Waals surface area contributed by atoms with Gasteiger partial charge in [-0.1, -0.05) is 24.3 Å². The van der Waals surface area contributed by atoms with Gasteiger partial charge in [0, 0.05) is 5.56 Å². The van der Waals surface area contributed by atoms with E-state index in [-0.39, 0.29) is 24.8 Å². The van der Waals surface area contributed by atoms with Gasteiger partial charge in [-0.15, -0.1) is 0 Å². The summed E-state index contributed by atoms with van der Waals surface area (Å²) in [5.74, 6) is 0.0758. The number of carbonyl (C=O) groups excluding carboxylic acids is 1. The van der Waals surface area contributed by atoms with Crippen LogP contribution in [0.1, 0.15) is 21.5 Å². The van der Waals surface area contributed by atoms with Gasteiger partial charge in [0.25, 0.3) is 0 Å². The van der Waals surface area contributed by atoms with Crippen LogP contribution in [0.3, 0.4) is 0 Å². The van der Waals surface area contributed by atoms with Gasteiger partial charge in [-0.3, -0.25) is 4.79 Å². The van der Waals surface area contributed by atoms with Crippen LogP contribution in [0, 0.1) is 11.6 Å². The van der Waals surface area contributed by atoms with Gasteiger partial charge >= 0.3 is 0 Å². The monoisotopic (exact) mass is 354 g/mol. The summed E-state index contributed by atoms with van der Waals surface area (Å²) in [4.78, 5) is 11.0. The second-order valence-electron chi connectivity index (χ2n) is 5.66. The summed E-state index contributed by atoms with van der Waals surface area (Å²) in [6.45, 7) is 0.269. The molecule has 26 heavy (non-hydrogen) atoms. The van der Waals surface area contributed by atoms with E-state index >= 15 is 0 Å². The molecule has 0 N–H and O–H groups in total. The fraction of sp³-hybridized carbons (Fsp3) is 0.0952. The molecule has 0 spiro atoms. The number of hydrogen-bond acceptors (Lipinski definition) is 3. The van der Waals surface area contributed by atoms with E-state index < -0.39 is 0 Å². The topological polar surface area (TPSA) is 35.5 Å². The van der Waals surface area contributed by atoms with Gasteiger partial charge < -0.3 is 9.47 Å². The largest absolute Gasteiger partial charge is 0.485 e. The molecule has 0 fully saturated rings. The molecule has 0 heterocycles.